The second kappa shape index (κ2) is 13.6. The standard InChI is InChI=1S/C58H38N4O2/c1-3-15-37(16-4-1)61-46-24-10-7-19-39(46)44-33-35(29-31-47(44)61)36-30-32-48-45(34-36)56-57(62(48)38-17-5-2-6-18-38)55(42-22-13-27-51-53(42)40-20-8-11-25-49(40)63-51)59-58(60-56)43-23-14-28-52-54(43)41-21-9-12-26-50(41)64-52/h1-3,5-15,17,19-34,38H,4,16,18H2. The molecule has 12 aromatic rings. The van der Waals surface area contributed by atoms with Crippen molar-refractivity contribution in [1.29, 1.82) is 0 Å². The summed E-state index contributed by atoms with van der Waals surface area (Å²) >= 11 is 0. The highest BCUT2D eigenvalue weighted by atomic mass is 16.3. The van der Waals surface area contributed by atoms with Crippen LogP contribution < -0.4 is 0 Å². The van der Waals surface area contributed by atoms with Crippen molar-refractivity contribution >= 4 is 93.3 Å². The van der Waals surface area contributed by atoms with E-state index in [1.807, 2.05) is 36.4 Å². The monoisotopic (exact) mass is 822 g/mol. The maximum absolute atomic E-state index is 6.51. The number of furan rings is 2. The summed E-state index contributed by atoms with van der Waals surface area (Å²) < 4.78 is 17.9. The molecule has 0 saturated carbocycles. The van der Waals surface area contributed by atoms with Gasteiger partial charge in [-0.05, 0) is 91.1 Å². The zero-order valence-corrected chi connectivity index (χ0v) is 34.7. The smallest absolute Gasteiger partial charge is 0.161 e. The van der Waals surface area contributed by atoms with Crippen LogP contribution in [0.1, 0.15) is 25.3 Å². The zero-order valence-electron chi connectivity index (χ0n) is 34.7. The average Bonchev–Trinajstić information content (AvgIpc) is 4.11. The molecule has 64 heavy (non-hydrogen) atoms. The van der Waals surface area contributed by atoms with Gasteiger partial charge in [0.1, 0.15) is 27.8 Å². The Balaban J connectivity index is 1.08. The van der Waals surface area contributed by atoms with E-state index in [9.17, 15) is 0 Å². The van der Waals surface area contributed by atoms with Crippen LogP contribution in [0.4, 0.5) is 0 Å². The van der Waals surface area contributed by atoms with Gasteiger partial charge < -0.3 is 18.0 Å². The Morgan fingerprint density at radius 3 is 1.91 bits per heavy atom. The van der Waals surface area contributed by atoms with E-state index < -0.39 is 0 Å². The van der Waals surface area contributed by atoms with Crippen molar-refractivity contribution in [2.24, 2.45) is 0 Å². The van der Waals surface area contributed by atoms with Gasteiger partial charge >= 0.3 is 0 Å². The summed E-state index contributed by atoms with van der Waals surface area (Å²) in [6.07, 6.45) is 18.5. The van der Waals surface area contributed by atoms with E-state index in [0.717, 1.165) is 113 Å². The summed E-state index contributed by atoms with van der Waals surface area (Å²) in [4.78, 5) is 11.3. The molecule has 0 N–H and O–H groups in total. The predicted octanol–water partition coefficient (Wildman–Crippen LogP) is 15.7. The molecule has 6 nitrogen and oxygen atoms in total. The average molecular weight is 823 g/mol. The van der Waals surface area contributed by atoms with Crippen LogP contribution in [0, 0.1) is 0 Å². The van der Waals surface area contributed by atoms with Crippen molar-refractivity contribution in [3.05, 3.63) is 188 Å². The fourth-order valence-corrected chi connectivity index (χ4v) is 10.7. The lowest BCUT2D eigenvalue weighted by Crippen LogP contribution is -2.08. The van der Waals surface area contributed by atoms with Gasteiger partial charge in [-0.1, -0.05) is 127 Å². The molecule has 2 aliphatic carbocycles. The molecule has 0 amide bonds. The summed E-state index contributed by atoms with van der Waals surface area (Å²) in [6, 6.07) is 51.9. The SMILES string of the molecule is C1=CCCC(n2c3ccccc3c3cc(-c4ccc5c(c4)c4nc(-c6cccc7oc8ccccc8c67)nc(-c6cccc7oc8ccccc8c67)c4n5C4C=CC=CC4)ccc32)=C1. The van der Waals surface area contributed by atoms with Crippen LogP contribution in [-0.4, -0.2) is 19.1 Å². The molecule has 1 atom stereocenters. The molecule has 14 rings (SSSR count). The van der Waals surface area contributed by atoms with Crippen molar-refractivity contribution in [3.8, 4) is 33.8 Å². The van der Waals surface area contributed by atoms with E-state index in [1.165, 1.54) is 27.5 Å². The normalized spacial score (nSPS) is 15.4. The molecule has 6 heteroatoms. The maximum Gasteiger partial charge on any atom is 0.161 e. The van der Waals surface area contributed by atoms with Crippen molar-refractivity contribution in [2.45, 2.75) is 25.3 Å². The third-order valence-corrected chi connectivity index (χ3v) is 13.5. The maximum atomic E-state index is 6.51. The highest BCUT2D eigenvalue weighted by Crippen LogP contribution is 2.46. The minimum Gasteiger partial charge on any atom is -0.456 e. The first-order valence-electron chi connectivity index (χ1n) is 22.2. The van der Waals surface area contributed by atoms with Crippen LogP contribution in [-0.2, 0) is 0 Å². The van der Waals surface area contributed by atoms with Crippen molar-refractivity contribution in [1.82, 2.24) is 19.1 Å². The molecular weight excluding hydrogens is 785 g/mol. The lowest BCUT2D eigenvalue weighted by molar-refractivity contribution is 0.647. The summed E-state index contributed by atoms with van der Waals surface area (Å²) in [6.45, 7) is 0. The van der Waals surface area contributed by atoms with Crippen LogP contribution in [0.2, 0.25) is 0 Å². The van der Waals surface area contributed by atoms with Gasteiger partial charge in [-0.15, -0.1) is 0 Å². The van der Waals surface area contributed by atoms with Gasteiger partial charge in [0, 0.05) is 54.5 Å². The van der Waals surface area contributed by atoms with E-state index in [2.05, 4.69) is 161 Å². The molecule has 2 aliphatic rings. The van der Waals surface area contributed by atoms with E-state index in [-0.39, 0.29) is 6.04 Å². The van der Waals surface area contributed by atoms with Crippen molar-refractivity contribution in [2.75, 3.05) is 0 Å². The molecular formula is C58H38N4O2. The zero-order chi connectivity index (χ0) is 41.9. The second-order valence-corrected chi connectivity index (χ2v) is 17.1. The lowest BCUT2D eigenvalue weighted by Gasteiger charge is -2.20. The summed E-state index contributed by atoms with van der Waals surface area (Å²) in [5.41, 5.74) is 15.2. The number of para-hydroxylation sites is 3. The number of aromatic nitrogens is 4. The molecule has 5 heterocycles. The van der Waals surface area contributed by atoms with Crippen LogP contribution in [0.15, 0.2) is 197 Å². The first-order valence-corrected chi connectivity index (χ1v) is 22.2. The van der Waals surface area contributed by atoms with Crippen molar-refractivity contribution < 1.29 is 8.83 Å². The largest absolute Gasteiger partial charge is 0.456 e. The number of fused-ring (bicyclic) bond motifs is 12. The molecule has 0 fully saturated rings. The Kier molecular flexibility index (Phi) is 7.54. The third-order valence-electron chi connectivity index (χ3n) is 13.5. The van der Waals surface area contributed by atoms with Crippen LogP contribution in [0.5, 0.6) is 0 Å². The Labute approximate surface area is 367 Å². The van der Waals surface area contributed by atoms with E-state index >= 15 is 0 Å². The molecule has 1 unspecified atom stereocenters. The van der Waals surface area contributed by atoms with Crippen LogP contribution >= 0.6 is 0 Å². The molecule has 0 saturated heterocycles. The second-order valence-electron chi connectivity index (χ2n) is 17.1. The highest BCUT2D eigenvalue weighted by molar-refractivity contribution is 6.19. The fourth-order valence-electron chi connectivity index (χ4n) is 10.7. The van der Waals surface area contributed by atoms with Gasteiger partial charge in [0.25, 0.3) is 0 Å². The molecule has 0 aliphatic heterocycles. The minimum atomic E-state index is 0.0528. The molecule has 0 radical (unpaired) electrons. The molecule has 0 bridgehead atoms. The van der Waals surface area contributed by atoms with E-state index in [0.29, 0.717) is 5.82 Å². The molecule has 302 valence electrons. The summed E-state index contributed by atoms with van der Waals surface area (Å²) in [7, 11) is 0. The van der Waals surface area contributed by atoms with Gasteiger partial charge in [0.05, 0.1) is 33.8 Å². The molecule has 7 aromatic carbocycles. The highest BCUT2D eigenvalue weighted by Gasteiger charge is 2.27. The molecule has 5 aromatic heterocycles. The Morgan fingerprint density at radius 2 is 1.17 bits per heavy atom. The number of hydrogen-bond acceptors (Lipinski definition) is 4. The predicted molar refractivity (Wildman–Crippen MR) is 263 cm³/mol. The van der Waals surface area contributed by atoms with Gasteiger partial charge in [-0.3, -0.25) is 0 Å². The van der Waals surface area contributed by atoms with Gasteiger partial charge in [-0.2, -0.15) is 0 Å². The quantitative estimate of drug-likeness (QED) is 0.173. The van der Waals surface area contributed by atoms with Crippen LogP contribution in [0.25, 0.3) is 127 Å². The van der Waals surface area contributed by atoms with Gasteiger partial charge in [-0.25, -0.2) is 9.97 Å². The number of nitrogens with zero attached hydrogens (tertiary/aromatic N) is 4. The third kappa shape index (κ3) is 5.14. The number of hydrogen-bond donors (Lipinski definition) is 0. The van der Waals surface area contributed by atoms with Crippen molar-refractivity contribution in [3.63, 3.8) is 0 Å². The lowest BCUT2D eigenvalue weighted by atomic mass is 10.00. The minimum absolute atomic E-state index is 0.0528. The topological polar surface area (TPSA) is 61.9 Å². The summed E-state index contributed by atoms with van der Waals surface area (Å²) in [5.74, 6) is 0.647. The van der Waals surface area contributed by atoms with Gasteiger partial charge in [0.15, 0.2) is 5.82 Å². The number of rotatable bonds is 5. The van der Waals surface area contributed by atoms with E-state index in [4.69, 9.17) is 18.8 Å². The molecule has 0 spiro atoms. The number of benzene rings is 7. The van der Waals surface area contributed by atoms with Crippen LogP contribution in [0.3, 0.4) is 0 Å². The Bertz CT molecular complexity index is 4070. The summed E-state index contributed by atoms with van der Waals surface area (Å²) in [5, 5.41) is 7.73. The van der Waals surface area contributed by atoms with Gasteiger partial charge in [0.2, 0.25) is 0 Å². The fraction of sp³-hybridized carbons (Fsp3) is 0.0690. The van der Waals surface area contributed by atoms with E-state index in [1.54, 1.807) is 0 Å². The first-order chi connectivity index (χ1) is 31.7. The Hall–Kier alpha value is -8.22. The Morgan fingerprint density at radius 1 is 0.516 bits per heavy atom. The first kappa shape index (κ1) is 35.4. The number of allylic oxidation sites excluding steroid dienone is 8.